The molecule has 0 radical (unpaired) electrons. The van der Waals surface area contributed by atoms with Crippen molar-refractivity contribution in [2.24, 2.45) is 0 Å². The first-order valence-corrected chi connectivity index (χ1v) is 7.74. The maximum Gasteiger partial charge on any atom is 0.206 e. The van der Waals surface area contributed by atoms with E-state index in [0.717, 1.165) is 0 Å². The molecule has 1 aromatic heterocycles. The van der Waals surface area contributed by atoms with Gasteiger partial charge < -0.3 is 15.2 Å². The van der Waals surface area contributed by atoms with Gasteiger partial charge in [-0.15, -0.1) is 0 Å². The molecule has 2 N–H and O–H groups in total. The van der Waals surface area contributed by atoms with Gasteiger partial charge in [-0.3, -0.25) is 0 Å². The van der Waals surface area contributed by atoms with E-state index in [2.05, 4.69) is 9.97 Å². The fraction of sp³-hybridized carbons (Fsp3) is 0.0588. The summed E-state index contributed by atoms with van der Waals surface area (Å²) in [5.41, 5.74) is 6.71. The molecule has 0 saturated heterocycles. The number of nitrogens with zero attached hydrogens (tertiary/aromatic N) is 2. The molecule has 0 atom stereocenters. The van der Waals surface area contributed by atoms with Crippen molar-refractivity contribution in [1.82, 2.24) is 9.97 Å². The number of methoxy groups -OCH3 is 1. The third-order valence-electron chi connectivity index (χ3n) is 3.21. The summed E-state index contributed by atoms with van der Waals surface area (Å²) in [6.45, 7) is 0. The molecule has 24 heavy (non-hydrogen) atoms. The minimum absolute atomic E-state index is 0.100. The standard InChI is InChI=1S/C17H13Cl2N3O2/c1-23-12-7-2-3-8-13(12)24-14-15(19)21-17(22-16(14)20)10-5-4-6-11(18)9-10/h2-9H,1H3,(H2,20,21,22). The highest BCUT2D eigenvalue weighted by Crippen LogP contribution is 2.38. The van der Waals surface area contributed by atoms with Gasteiger partial charge in [0.15, 0.2) is 28.3 Å². The average Bonchev–Trinajstić information content (AvgIpc) is 2.58. The number of hydrogen-bond donors (Lipinski definition) is 1. The predicted octanol–water partition coefficient (Wildman–Crippen LogP) is 4.83. The number of rotatable bonds is 4. The fourth-order valence-corrected chi connectivity index (χ4v) is 2.51. The third kappa shape index (κ3) is 3.37. The Kier molecular flexibility index (Phi) is 4.74. The van der Waals surface area contributed by atoms with Crippen molar-refractivity contribution >= 4 is 29.0 Å². The molecule has 0 aliphatic carbocycles. The molecule has 5 nitrogen and oxygen atoms in total. The number of anilines is 1. The molecule has 1 heterocycles. The lowest BCUT2D eigenvalue weighted by atomic mass is 10.2. The van der Waals surface area contributed by atoms with Crippen LogP contribution in [-0.2, 0) is 0 Å². The lowest BCUT2D eigenvalue weighted by molar-refractivity contribution is 0.378. The maximum atomic E-state index is 6.24. The number of nitrogen functional groups attached to an aromatic ring is 1. The number of aromatic nitrogens is 2. The number of hydrogen-bond acceptors (Lipinski definition) is 5. The molecule has 0 bridgehead atoms. The van der Waals surface area contributed by atoms with Gasteiger partial charge in [0, 0.05) is 10.6 Å². The smallest absolute Gasteiger partial charge is 0.206 e. The fourth-order valence-electron chi connectivity index (χ4n) is 2.10. The van der Waals surface area contributed by atoms with Gasteiger partial charge in [-0.1, -0.05) is 47.5 Å². The second kappa shape index (κ2) is 6.95. The second-order valence-corrected chi connectivity index (χ2v) is 5.61. The molecule has 0 unspecified atom stereocenters. The molecule has 3 rings (SSSR count). The molecular weight excluding hydrogens is 349 g/mol. The van der Waals surface area contributed by atoms with Crippen LogP contribution in [0.4, 0.5) is 5.82 Å². The quantitative estimate of drug-likeness (QED) is 0.673. The molecule has 2 aromatic carbocycles. The summed E-state index contributed by atoms with van der Waals surface area (Å²) in [5.74, 6) is 1.68. The predicted molar refractivity (Wildman–Crippen MR) is 95.0 cm³/mol. The highest BCUT2D eigenvalue weighted by molar-refractivity contribution is 6.31. The Morgan fingerprint density at radius 1 is 0.958 bits per heavy atom. The molecule has 122 valence electrons. The number of para-hydroxylation sites is 2. The summed E-state index contributed by atoms with van der Waals surface area (Å²) in [5, 5.41) is 0.670. The molecular formula is C17H13Cl2N3O2. The van der Waals surface area contributed by atoms with Gasteiger partial charge in [-0.2, -0.15) is 0 Å². The van der Waals surface area contributed by atoms with Crippen LogP contribution < -0.4 is 15.2 Å². The largest absolute Gasteiger partial charge is 0.493 e. The first-order chi connectivity index (χ1) is 11.6. The Morgan fingerprint density at radius 3 is 2.38 bits per heavy atom. The van der Waals surface area contributed by atoms with E-state index in [9.17, 15) is 0 Å². The van der Waals surface area contributed by atoms with Crippen molar-refractivity contribution in [1.29, 1.82) is 0 Å². The molecule has 0 fully saturated rings. The van der Waals surface area contributed by atoms with Crippen LogP contribution in [0.15, 0.2) is 48.5 Å². The summed E-state index contributed by atoms with van der Waals surface area (Å²) in [7, 11) is 1.55. The first kappa shape index (κ1) is 16.4. The SMILES string of the molecule is COc1ccccc1Oc1c(N)nc(-c2cccc(Cl)c2)nc1Cl. The lowest BCUT2D eigenvalue weighted by Crippen LogP contribution is -2.01. The minimum atomic E-state index is 0.100. The average molecular weight is 362 g/mol. The Hall–Kier alpha value is -2.50. The Balaban J connectivity index is 1.99. The van der Waals surface area contributed by atoms with E-state index in [1.54, 1.807) is 37.4 Å². The zero-order chi connectivity index (χ0) is 17.1. The van der Waals surface area contributed by atoms with E-state index in [1.165, 1.54) is 0 Å². The monoisotopic (exact) mass is 361 g/mol. The molecule has 0 spiro atoms. The molecule has 0 aliphatic heterocycles. The van der Waals surface area contributed by atoms with Crippen molar-refractivity contribution in [2.45, 2.75) is 0 Å². The van der Waals surface area contributed by atoms with Gasteiger partial charge in [0.05, 0.1) is 7.11 Å². The van der Waals surface area contributed by atoms with Crippen LogP contribution in [0.1, 0.15) is 0 Å². The van der Waals surface area contributed by atoms with Crippen LogP contribution in [0.2, 0.25) is 10.2 Å². The molecule has 0 amide bonds. The van der Waals surface area contributed by atoms with Crippen LogP contribution >= 0.6 is 23.2 Å². The number of halogens is 2. The van der Waals surface area contributed by atoms with Crippen LogP contribution in [0, 0.1) is 0 Å². The van der Waals surface area contributed by atoms with E-state index in [0.29, 0.717) is 27.9 Å². The van der Waals surface area contributed by atoms with E-state index in [-0.39, 0.29) is 16.7 Å². The maximum absolute atomic E-state index is 6.24. The molecule has 3 aromatic rings. The molecule has 0 aliphatic rings. The molecule has 7 heteroatoms. The zero-order valence-electron chi connectivity index (χ0n) is 12.7. The summed E-state index contributed by atoms with van der Waals surface area (Å²) in [6.07, 6.45) is 0. The third-order valence-corrected chi connectivity index (χ3v) is 3.71. The van der Waals surface area contributed by atoms with Crippen molar-refractivity contribution in [3.05, 3.63) is 58.7 Å². The van der Waals surface area contributed by atoms with Crippen LogP contribution in [0.3, 0.4) is 0 Å². The topological polar surface area (TPSA) is 70.3 Å². The van der Waals surface area contributed by atoms with E-state index >= 15 is 0 Å². The van der Waals surface area contributed by atoms with Gasteiger partial charge in [-0.05, 0) is 24.3 Å². The highest BCUT2D eigenvalue weighted by Gasteiger charge is 2.16. The minimum Gasteiger partial charge on any atom is -0.493 e. The van der Waals surface area contributed by atoms with Crippen LogP contribution in [0.25, 0.3) is 11.4 Å². The van der Waals surface area contributed by atoms with Gasteiger partial charge in [0.25, 0.3) is 0 Å². The molecule has 0 saturated carbocycles. The summed E-state index contributed by atoms with van der Waals surface area (Å²) >= 11 is 12.2. The number of nitrogens with two attached hydrogens (primary N) is 1. The Labute approximate surface area is 149 Å². The second-order valence-electron chi connectivity index (χ2n) is 4.82. The van der Waals surface area contributed by atoms with Crippen molar-refractivity contribution in [3.8, 4) is 28.6 Å². The summed E-state index contributed by atoms with van der Waals surface area (Å²) in [6, 6.07) is 14.2. The number of benzene rings is 2. The van der Waals surface area contributed by atoms with Crippen LogP contribution in [0.5, 0.6) is 17.2 Å². The van der Waals surface area contributed by atoms with E-state index in [1.807, 2.05) is 18.2 Å². The van der Waals surface area contributed by atoms with E-state index < -0.39 is 0 Å². The van der Waals surface area contributed by atoms with Gasteiger partial charge in [0.2, 0.25) is 5.75 Å². The lowest BCUT2D eigenvalue weighted by Gasteiger charge is -2.13. The van der Waals surface area contributed by atoms with Crippen molar-refractivity contribution < 1.29 is 9.47 Å². The van der Waals surface area contributed by atoms with Crippen LogP contribution in [-0.4, -0.2) is 17.1 Å². The summed E-state index contributed by atoms with van der Waals surface area (Å²) in [4.78, 5) is 8.50. The number of ether oxygens (including phenoxy) is 2. The highest BCUT2D eigenvalue weighted by atomic mass is 35.5. The van der Waals surface area contributed by atoms with Gasteiger partial charge in [0.1, 0.15) is 0 Å². The van der Waals surface area contributed by atoms with Gasteiger partial charge >= 0.3 is 0 Å². The van der Waals surface area contributed by atoms with Crippen molar-refractivity contribution in [2.75, 3.05) is 12.8 Å². The zero-order valence-corrected chi connectivity index (χ0v) is 14.2. The van der Waals surface area contributed by atoms with Crippen molar-refractivity contribution in [3.63, 3.8) is 0 Å². The normalized spacial score (nSPS) is 10.5. The van der Waals surface area contributed by atoms with E-state index in [4.69, 9.17) is 38.4 Å². The first-order valence-electron chi connectivity index (χ1n) is 6.98. The summed E-state index contributed by atoms with van der Waals surface area (Å²) < 4.78 is 11.0. The Bertz CT molecular complexity index is 864. The van der Waals surface area contributed by atoms with Gasteiger partial charge in [-0.25, -0.2) is 9.97 Å². The Morgan fingerprint density at radius 2 is 1.71 bits per heavy atom.